The Morgan fingerprint density at radius 1 is 1.35 bits per heavy atom. The van der Waals surface area contributed by atoms with Crippen molar-refractivity contribution in [3.8, 4) is 0 Å². The number of carbonyl (C=O) groups excluding carboxylic acids is 1. The summed E-state index contributed by atoms with van der Waals surface area (Å²) in [5.74, 6) is 0.660. The van der Waals surface area contributed by atoms with E-state index in [4.69, 9.17) is 4.74 Å². The number of fused-ring (bicyclic) bond motifs is 1. The van der Waals surface area contributed by atoms with Crippen LogP contribution >= 0.6 is 0 Å². The molecule has 1 aliphatic heterocycles. The van der Waals surface area contributed by atoms with E-state index in [1.807, 2.05) is 42.4 Å². The van der Waals surface area contributed by atoms with Crippen molar-refractivity contribution in [2.75, 3.05) is 26.8 Å². The van der Waals surface area contributed by atoms with Gasteiger partial charge in [0.1, 0.15) is 0 Å². The van der Waals surface area contributed by atoms with Crippen LogP contribution in [0.2, 0.25) is 0 Å². The summed E-state index contributed by atoms with van der Waals surface area (Å²) in [6, 6.07) is 7.80. The minimum atomic E-state index is 0.0968. The minimum absolute atomic E-state index is 0.0968. The van der Waals surface area contributed by atoms with Gasteiger partial charge in [0, 0.05) is 49.5 Å². The van der Waals surface area contributed by atoms with Gasteiger partial charge in [0.15, 0.2) is 0 Å². The summed E-state index contributed by atoms with van der Waals surface area (Å²) in [5, 5.41) is 1.08. The van der Waals surface area contributed by atoms with Gasteiger partial charge in [-0.25, -0.2) is 0 Å². The molecule has 0 radical (unpaired) electrons. The molecule has 1 amide bonds. The molecule has 106 valence electrons. The Bertz CT molecular complexity index is 599. The molecule has 1 fully saturated rings. The lowest BCUT2D eigenvalue weighted by Crippen LogP contribution is -2.34. The number of aromatic amines is 1. The fourth-order valence-electron chi connectivity index (χ4n) is 2.81. The maximum atomic E-state index is 12.5. The number of aromatic nitrogens is 1. The Hall–Kier alpha value is -1.81. The number of hydrogen-bond acceptors (Lipinski definition) is 2. The molecule has 0 unspecified atom stereocenters. The van der Waals surface area contributed by atoms with Crippen LogP contribution in [0.4, 0.5) is 0 Å². The monoisotopic (exact) mass is 272 g/mol. The molecule has 0 spiro atoms. The van der Waals surface area contributed by atoms with Gasteiger partial charge in [-0.15, -0.1) is 0 Å². The van der Waals surface area contributed by atoms with Crippen LogP contribution < -0.4 is 0 Å². The highest BCUT2D eigenvalue weighted by molar-refractivity contribution is 5.97. The van der Waals surface area contributed by atoms with E-state index in [1.165, 1.54) is 0 Å². The predicted octanol–water partition coefficient (Wildman–Crippen LogP) is 2.67. The maximum absolute atomic E-state index is 12.5. The molecular formula is C16H20N2O2. The molecule has 1 saturated heterocycles. The number of nitrogens with one attached hydrogen (secondary N) is 1. The lowest BCUT2D eigenvalue weighted by molar-refractivity contribution is 0.0497. The summed E-state index contributed by atoms with van der Waals surface area (Å²) in [7, 11) is 1.89. The summed E-state index contributed by atoms with van der Waals surface area (Å²) in [6.07, 6.45) is 3.99. The lowest BCUT2D eigenvalue weighted by Gasteiger charge is -2.27. The molecule has 3 rings (SSSR count). The summed E-state index contributed by atoms with van der Waals surface area (Å²) in [5.41, 5.74) is 1.82. The zero-order chi connectivity index (χ0) is 13.9. The number of nitrogens with zero attached hydrogens (tertiary/aromatic N) is 1. The average Bonchev–Trinajstić information content (AvgIpc) is 2.94. The molecule has 4 nitrogen and oxygen atoms in total. The molecule has 1 aromatic heterocycles. The number of ether oxygens (including phenoxy) is 1. The number of hydrogen-bond donors (Lipinski definition) is 1. The van der Waals surface area contributed by atoms with Crippen LogP contribution in [-0.2, 0) is 4.74 Å². The van der Waals surface area contributed by atoms with Crippen molar-refractivity contribution >= 4 is 16.8 Å². The molecule has 4 heteroatoms. The van der Waals surface area contributed by atoms with Crippen molar-refractivity contribution in [3.05, 3.63) is 36.0 Å². The van der Waals surface area contributed by atoms with Gasteiger partial charge in [0.05, 0.1) is 0 Å². The molecule has 1 N–H and O–H groups in total. The highest BCUT2D eigenvalue weighted by Gasteiger charge is 2.19. The van der Waals surface area contributed by atoms with Crippen molar-refractivity contribution in [2.24, 2.45) is 5.92 Å². The second-order valence-electron chi connectivity index (χ2n) is 5.52. The van der Waals surface area contributed by atoms with Crippen LogP contribution in [0.15, 0.2) is 30.5 Å². The summed E-state index contributed by atoms with van der Waals surface area (Å²) >= 11 is 0. The largest absolute Gasteiger partial charge is 0.381 e. The SMILES string of the molecule is CN(CC1CCOCC1)C(=O)c1ccc2[nH]ccc2c1. The summed E-state index contributed by atoms with van der Waals surface area (Å²) in [6.45, 7) is 2.46. The zero-order valence-electron chi connectivity index (χ0n) is 11.8. The van der Waals surface area contributed by atoms with E-state index in [9.17, 15) is 4.79 Å². The maximum Gasteiger partial charge on any atom is 0.253 e. The van der Waals surface area contributed by atoms with Crippen LogP contribution in [-0.4, -0.2) is 42.6 Å². The highest BCUT2D eigenvalue weighted by atomic mass is 16.5. The van der Waals surface area contributed by atoms with Crippen LogP contribution in [0.5, 0.6) is 0 Å². The van der Waals surface area contributed by atoms with Crippen LogP contribution in [0.1, 0.15) is 23.2 Å². The second-order valence-corrected chi connectivity index (χ2v) is 5.52. The van der Waals surface area contributed by atoms with Gasteiger partial charge in [-0.2, -0.15) is 0 Å². The number of H-pyrrole nitrogens is 1. The lowest BCUT2D eigenvalue weighted by atomic mass is 9.99. The van der Waals surface area contributed by atoms with E-state index >= 15 is 0 Å². The van der Waals surface area contributed by atoms with Crippen LogP contribution in [0.25, 0.3) is 10.9 Å². The zero-order valence-corrected chi connectivity index (χ0v) is 11.8. The van der Waals surface area contributed by atoms with Gasteiger partial charge in [0.2, 0.25) is 0 Å². The molecular weight excluding hydrogens is 252 g/mol. The predicted molar refractivity (Wildman–Crippen MR) is 78.8 cm³/mol. The normalized spacial score (nSPS) is 16.4. The van der Waals surface area contributed by atoms with Crippen molar-refractivity contribution in [2.45, 2.75) is 12.8 Å². The Morgan fingerprint density at radius 3 is 2.95 bits per heavy atom. The summed E-state index contributed by atoms with van der Waals surface area (Å²) < 4.78 is 5.36. The topological polar surface area (TPSA) is 45.3 Å². The van der Waals surface area contributed by atoms with E-state index in [-0.39, 0.29) is 5.91 Å². The van der Waals surface area contributed by atoms with E-state index in [0.717, 1.165) is 49.1 Å². The van der Waals surface area contributed by atoms with Gasteiger partial charge in [0.25, 0.3) is 5.91 Å². The Morgan fingerprint density at radius 2 is 2.15 bits per heavy atom. The first-order valence-electron chi connectivity index (χ1n) is 7.14. The van der Waals surface area contributed by atoms with Gasteiger partial charge >= 0.3 is 0 Å². The third kappa shape index (κ3) is 2.70. The molecule has 2 heterocycles. The average molecular weight is 272 g/mol. The molecule has 0 atom stereocenters. The first-order valence-corrected chi connectivity index (χ1v) is 7.14. The first kappa shape index (κ1) is 13.2. The molecule has 1 aliphatic rings. The molecule has 20 heavy (non-hydrogen) atoms. The number of benzene rings is 1. The molecule has 2 aromatic rings. The number of carbonyl (C=O) groups is 1. The quantitative estimate of drug-likeness (QED) is 0.933. The van der Waals surface area contributed by atoms with Crippen LogP contribution in [0, 0.1) is 5.92 Å². The molecule has 0 bridgehead atoms. The smallest absolute Gasteiger partial charge is 0.253 e. The summed E-state index contributed by atoms with van der Waals surface area (Å²) in [4.78, 5) is 17.4. The third-order valence-corrected chi connectivity index (χ3v) is 4.02. The van der Waals surface area contributed by atoms with E-state index in [1.54, 1.807) is 0 Å². The first-order chi connectivity index (χ1) is 9.74. The standard InChI is InChI=1S/C16H20N2O2/c1-18(11-12-5-8-20-9-6-12)16(19)14-2-3-15-13(10-14)4-7-17-15/h2-4,7,10,12,17H,5-6,8-9,11H2,1H3. The minimum Gasteiger partial charge on any atom is -0.381 e. The van der Waals surface area contributed by atoms with Gasteiger partial charge in [-0.1, -0.05) is 0 Å². The molecule has 1 aromatic carbocycles. The third-order valence-electron chi connectivity index (χ3n) is 4.02. The van der Waals surface area contributed by atoms with Crippen molar-refractivity contribution in [3.63, 3.8) is 0 Å². The van der Waals surface area contributed by atoms with E-state index in [2.05, 4.69) is 4.98 Å². The van der Waals surface area contributed by atoms with Gasteiger partial charge in [-0.05, 0) is 43.0 Å². The van der Waals surface area contributed by atoms with E-state index in [0.29, 0.717) is 5.92 Å². The van der Waals surface area contributed by atoms with Crippen molar-refractivity contribution < 1.29 is 9.53 Å². The van der Waals surface area contributed by atoms with Crippen molar-refractivity contribution in [1.82, 2.24) is 9.88 Å². The molecule has 0 saturated carbocycles. The fraction of sp³-hybridized carbons (Fsp3) is 0.438. The highest BCUT2D eigenvalue weighted by Crippen LogP contribution is 2.18. The molecule has 0 aliphatic carbocycles. The Kier molecular flexibility index (Phi) is 3.74. The van der Waals surface area contributed by atoms with Gasteiger partial charge in [-0.3, -0.25) is 4.79 Å². The van der Waals surface area contributed by atoms with Crippen LogP contribution in [0.3, 0.4) is 0 Å². The second kappa shape index (κ2) is 5.67. The number of amides is 1. The Balaban J connectivity index is 1.70. The fourth-order valence-corrected chi connectivity index (χ4v) is 2.81. The number of rotatable bonds is 3. The van der Waals surface area contributed by atoms with Gasteiger partial charge < -0.3 is 14.6 Å². The Labute approximate surface area is 118 Å². The van der Waals surface area contributed by atoms with E-state index < -0.39 is 0 Å². The van der Waals surface area contributed by atoms with Crippen molar-refractivity contribution in [1.29, 1.82) is 0 Å².